The molecule has 3 aromatic rings. The highest BCUT2D eigenvalue weighted by Crippen LogP contribution is 2.31. The first-order valence-corrected chi connectivity index (χ1v) is 7.89. The van der Waals surface area contributed by atoms with E-state index in [1.807, 2.05) is 48.5 Å². The summed E-state index contributed by atoms with van der Waals surface area (Å²) in [5.74, 6) is 2.63. The summed E-state index contributed by atoms with van der Waals surface area (Å²) in [7, 11) is 3.20. The Labute approximate surface area is 150 Å². The van der Waals surface area contributed by atoms with Gasteiger partial charge in [-0.2, -0.15) is 0 Å². The second kappa shape index (κ2) is 7.72. The zero-order valence-electron chi connectivity index (χ0n) is 13.8. The number of methoxy groups -OCH3 is 2. The van der Waals surface area contributed by atoms with Crippen LogP contribution in [0.25, 0.3) is 0 Å². The van der Waals surface area contributed by atoms with Gasteiger partial charge in [0.05, 0.1) is 14.2 Å². The Bertz CT molecular complexity index is 856. The van der Waals surface area contributed by atoms with Gasteiger partial charge >= 0.3 is 0 Å². The zero-order valence-corrected chi connectivity index (χ0v) is 14.5. The molecule has 7 heteroatoms. The fourth-order valence-electron chi connectivity index (χ4n) is 2.24. The SMILES string of the molecule is COc1ccc(Nc2cc(Nc3ccc(Cl)cc3)ncn2)cc1OC. The molecular weight excluding hydrogens is 340 g/mol. The third kappa shape index (κ3) is 4.30. The normalized spacial score (nSPS) is 10.2. The molecule has 128 valence electrons. The van der Waals surface area contributed by atoms with Crippen LogP contribution in [0, 0.1) is 0 Å². The van der Waals surface area contributed by atoms with Gasteiger partial charge in [-0.25, -0.2) is 9.97 Å². The van der Waals surface area contributed by atoms with Crippen molar-refractivity contribution in [3.63, 3.8) is 0 Å². The van der Waals surface area contributed by atoms with E-state index >= 15 is 0 Å². The molecule has 0 atom stereocenters. The largest absolute Gasteiger partial charge is 0.493 e. The third-order valence-electron chi connectivity index (χ3n) is 3.44. The predicted molar refractivity (Wildman–Crippen MR) is 99.6 cm³/mol. The highest BCUT2D eigenvalue weighted by atomic mass is 35.5. The minimum atomic E-state index is 0.640. The van der Waals surface area contributed by atoms with Crippen LogP contribution >= 0.6 is 11.6 Å². The molecule has 0 saturated heterocycles. The molecule has 1 aromatic heterocycles. The Balaban J connectivity index is 1.76. The average Bonchev–Trinajstić information content (AvgIpc) is 2.64. The molecular formula is C18H17ClN4O2. The van der Waals surface area contributed by atoms with Gasteiger partial charge in [0.25, 0.3) is 0 Å². The summed E-state index contributed by atoms with van der Waals surface area (Å²) in [6.07, 6.45) is 1.49. The second-order valence-corrected chi connectivity index (χ2v) is 5.55. The molecule has 0 saturated carbocycles. The molecule has 0 aliphatic heterocycles. The standard InChI is InChI=1S/C18H17ClN4O2/c1-24-15-8-7-14(9-16(15)25-2)23-18-10-17(20-11-21-18)22-13-5-3-12(19)4-6-13/h3-11H,1-2H3,(H2,20,21,22,23). The summed E-state index contributed by atoms with van der Waals surface area (Å²) in [6.45, 7) is 0. The molecule has 0 fully saturated rings. The number of halogens is 1. The third-order valence-corrected chi connectivity index (χ3v) is 3.69. The number of hydrogen-bond donors (Lipinski definition) is 2. The molecule has 0 spiro atoms. The molecule has 0 unspecified atom stereocenters. The topological polar surface area (TPSA) is 68.3 Å². The molecule has 0 aliphatic carbocycles. The summed E-state index contributed by atoms with van der Waals surface area (Å²) in [6, 6.07) is 14.8. The molecule has 2 N–H and O–H groups in total. The summed E-state index contributed by atoms with van der Waals surface area (Å²) in [5.41, 5.74) is 1.72. The first kappa shape index (κ1) is 16.9. The lowest BCUT2D eigenvalue weighted by Crippen LogP contribution is -1.99. The van der Waals surface area contributed by atoms with Crippen molar-refractivity contribution in [2.45, 2.75) is 0 Å². The zero-order chi connectivity index (χ0) is 17.6. The molecule has 6 nitrogen and oxygen atoms in total. The summed E-state index contributed by atoms with van der Waals surface area (Å²) < 4.78 is 10.5. The molecule has 0 aliphatic rings. The van der Waals surface area contributed by atoms with Gasteiger partial charge in [-0.1, -0.05) is 11.6 Å². The van der Waals surface area contributed by atoms with E-state index in [9.17, 15) is 0 Å². The van der Waals surface area contributed by atoms with E-state index in [4.69, 9.17) is 21.1 Å². The van der Waals surface area contributed by atoms with Crippen molar-refractivity contribution in [1.82, 2.24) is 9.97 Å². The lowest BCUT2D eigenvalue weighted by Gasteiger charge is -2.11. The average molecular weight is 357 g/mol. The van der Waals surface area contributed by atoms with Crippen molar-refractivity contribution >= 4 is 34.6 Å². The Kier molecular flexibility index (Phi) is 5.20. The highest BCUT2D eigenvalue weighted by Gasteiger charge is 2.06. The van der Waals surface area contributed by atoms with Crippen molar-refractivity contribution in [1.29, 1.82) is 0 Å². The smallest absolute Gasteiger partial charge is 0.162 e. The number of anilines is 4. The van der Waals surface area contributed by atoms with Gasteiger partial charge in [0.2, 0.25) is 0 Å². The van der Waals surface area contributed by atoms with Gasteiger partial charge in [-0.3, -0.25) is 0 Å². The second-order valence-electron chi connectivity index (χ2n) is 5.12. The van der Waals surface area contributed by atoms with E-state index < -0.39 is 0 Å². The van der Waals surface area contributed by atoms with E-state index in [1.165, 1.54) is 6.33 Å². The Hall–Kier alpha value is -2.99. The maximum atomic E-state index is 5.89. The van der Waals surface area contributed by atoms with Gasteiger partial charge in [-0.05, 0) is 36.4 Å². The van der Waals surface area contributed by atoms with Crippen LogP contribution < -0.4 is 20.1 Å². The first-order valence-electron chi connectivity index (χ1n) is 7.51. The van der Waals surface area contributed by atoms with E-state index in [0.29, 0.717) is 28.2 Å². The number of nitrogens with zero attached hydrogens (tertiary/aromatic N) is 2. The van der Waals surface area contributed by atoms with Crippen molar-refractivity contribution in [2.75, 3.05) is 24.9 Å². The van der Waals surface area contributed by atoms with E-state index in [0.717, 1.165) is 11.4 Å². The number of hydrogen-bond acceptors (Lipinski definition) is 6. The molecule has 25 heavy (non-hydrogen) atoms. The maximum absolute atomic E-state index is 5.89. The van der Waals surface area contributed by atoms with Crippen molar-refractivity contribution in [2.24, 2.45) is 0 Å². The van der Waals surface area contributed by atoms with Crippen molar-refractivity contribution in [3.8, 4) is 11.5 Å². The molecule has 1 heterocycles. The van der Waals surface area contributed by atoms with Crippen LogP contribution in [0.4, 0.5) is 23.0 Å². The monoisotopic (exact) mass is 356 g/mol. The maximum Gasteiger partial charge on any atom is 0.162 e. The van der Waals surface area contributed by atoms with Gasteiger partial charge in [0.1, 0.15) is 18.0 Å². The molecule has 0 radical (unpaired) electrons. The molecule has 0 amide bonds. The van der Waals surface area contributed by atoms with Crippen LogP contribution in [0.2, 0.25) is 5.02 Å². The fourth-order valence-corrected chi connectivity index (χ4v) is 2.36. The summed E-state index contributed by atoms with van der Waals surface area (Å²) >= 11 is 5.89. The van der Waals surface area contributed by atoms with Crippen LogP contribution in [-0.4, -0.2) is 24.2 Å². The fraction of sp³-hybridized carbons (Fsp3) is 0.111. The van der Waals surface area contributed by atoms with Crippen LogP contribution in [0.5, 0.6) is 11.5 Å². The number of nitrogens with one attached hydrogen (secondary N) is 2. The van der Waals surface area contributed by atoms with E-state index in [2.05, 4.69) is 20.6 Å². The Morgan fingerprint density at radius 3 is 2.00 bits per heavy atom. The number of rotatable bonds is 6. The number of aromatic nitrogens is 2. The van der Waals surface area contributed by atoms with Crippen LogP contribution in [-0.2, 0) is 0 Å². The number of ether oxygens (including phenoxy) is 2. The van der Waals surface area contributed by atoms with Crippen molar-refractivity contribution in [3.05, 3.63) is 59.9 Å². The summed E-state index contributed by atoms with van der Waals surface area (Å²) in [5, 5.41) is 7.11. The lowest BCUT2D eigenvalue weighted by atomic mass is 10.2. The molecule has 2 aromatic carbocycles. The Morgan fingerprint density at radius 2 is 1.36 bits per heavy atom. The first-order chi connectivity index (χ1) is 12.2. The van der Waals surface area contributed by atoms with Crippen molar-refractivity contribution < 1.29 is 9.47 Å². The number of benzene rings is 2. The van der Waals surface area contributed by atoms with E-state index in [-0.39, 0.29) is 0 Å². The lowest BCUT2D eigenvalue weighted by molar-refractivity contribution is 0.355. The van der Waals surface area contributed by atoms with Crippen LogP contribution in [0.1, 0.15) is 0 Å². The van der Waals surface area contributed by atoms with Gasteiger partial charge in [0.15, 0.2) is 11.5 Å². The van der Waals surface area contributed by atoms with Gasteiger partial charge in [0, 0.05) is 28.5 Å². The molecule has 0 bridgehead atoms. The van der Waals surface area contributed by atoms with Gasteiger partial charge in [-0.15, -0.1) is 0 Å². The molecule has 3 rings (SSSR count). The quantitative estimate of drug-likeness (QED) is 0.671. The predicted octanol–water partition coefficient (Wildman–Crippen LogP) is 4.63. The highest BCUT2D eigenvalue weighted by molar-refractivity contribution is 6.30. The Morgan fingerprint density at radius 1 is 0.760 bits per heavy atom. The minimum absolute atomic E-state index is 0.640. The summed E-state index contributed by atoms with van der Waals surface area (Å²) in [4.78, 5) is 8.45. The minimum Gasteiger partial charge on any atom is -0.493 e. The van der Waals surface area contributed by atoms with Crippen LogP contribution in [0.3, 0.4) is 0 Å². The van der Waals surface area contributed by atoms with E-state index in [1.54, 1.807) is 14.2 Å². The van der Waals surface area contributed by atoms with Gasteiger partial charge < -0.3 is 20.1 Å². The van der Waals surface area contributed by atoms with Crippen LogP contribution in [0.15, 0.2) is 54.9 Å².